The minimum absolute atomic E-state index is 0.286. The van der Waals surface area contributed by atoms with Gasteiger partial charge in [0.15, 0.2) is 0 Å². The van der Waals surface area contributed by atoms with Crippen LogP contribution in [0.4, 0.5) is 0 Å². The number of hydrogen-bond acceptors (Lipinski definition) is 2. The van der Waals surface area contributed by atoms with Crippen LogP contribution in [0.1, 0.15) is 37.1 Å². The summed E-state index contributed by atoms with van der Waals surface area (Å²) in [5.41, 5.74) is 5.10. The number of carbonyl (C=O) groups is 1. The van der Waals surface area contributed by atoms with Gasteiger partial charge in [-0.25, -0.2) is 0 Å². The molecule has 0 spiro atoms. The molecule has 3 heterocycles. The minimum Gasteiger partial charge on any atom is -0.358 e. The molecule has 1 saturated heterocycles. The largest absolute Gasteiger partial charge is 0.358 e. The summed E-state index contributed by atoms with van der Waals surface area (Å²) in [7, 11) is 0. The van der Waals surface area contributed by atoms with Crippen LogP contribution in [0.15, 0.2) is 18.2 Å². The highest BCUT2D eigenvalue weighted by Gasteiger charge is 2.28. The van der Waals surface area contributed by atoms with Gasteiger partial charge < -0.3 is 9.88 Å². The third-order valence-corrected chi connectivity index (χ3v) is 5.79. The normalized spacial score (nSPS) is 24.5. The van der Waals surface area contributed by atoms with Gasteiger partial charge in [-0.3, -0.25) is 9.69 Å². The van der Waals surface area contributed by atoms with Gasteiger partial charge in [0.05, 0.1) is 6.54 Å². The Kier molecular flexibility index (Phi) is 4.32. The summed E-state index contributed by atoms with van der Waals surface area (Å²) in [5, 5.41) is 1.28. The molecule has 1 amide bonds. The number of hydrogen-bond donors (Lipinski definition) is 1. The van der Waals surface area contributed by atoms with Crippen molar-refractivity contribution in [3.63, 3.8) is 0 Å². The molecule has 4 heteroatoms. The number of aryl methyl sites for hydroxylation is 1. The van der Waals surface area contributed by atoms with E-state index in [-0.39, 0.29) is 5.91 Å². The molecule has 1 aromatic carbocycles. The third-order valence-electron chi connectivity index (χ3n) is 5.79. The number of nitrogens with one attached hydrogen (secondary N) is 1. The highest BCUT2D eigenvalue weighted by Crippen LogP contribution is 2.29. The Bertz CT molecular complexity index is 784. The lowest BCUT2D eigenvalue weighted by molar-refractivity contribution is -0.134. The smallest absolute Gasteiger partial charge is 0.237 e. The van der Waals surface area contributed by atoms with Gasteiger partial charge >= 0.3 is 0 Å². The summed E-state index contributed by atoms with van der Waals surface area (Å²) in [6.45, 7) is 11.0. The Labute approximate surface area is 150 Å². The molecule has 0 radical (unpaired) electrons. The molecule has 0 aliphatic carbocycles. The first-order valence-electron chi connectivity index (χ1n) is 9.60. The number of piperidine rings is 1. The van der Waals surface area contributed by atoms with E-state index in [4.69, 9.17) is 0 Å². The molecule has 2 aliphatic heterocycles. The Morgan fingerprint density at radius 2 is 2.00 bits per heavy atom. The number of benzene rings is 1. The molecule has 0 saturated carbocycles. The molecular formula is C21H29N3O. The first-order chi connectivity index (χ1) is 12.0. The molecule has 0 bridgehead atoms. The monoisotopic (exact) mass is 339 g/mol. The maximum absolute atomic E-state index is 12.9. The second-order valence-corrected chi connectivity index (χ2v) is 8.34. The van der Waals surface area contributed by atoms with Gasteiger partial charge in [-0.2, -0.15) is 0 Å². The Balaban J connectivity index is 1.49. The molecule has 4 rings (SSSR count). The molecule has 0 unspecified atom stereocenters. The first-order valence-corrected chi connectivity index (χ1v) is 9.60. The van der Waals surface area contributed by atoms with Crippen LogP contribution in [0.3, 0.4) is 0 Å². The number of rotatable bonds is 2. The molecule has 2 atom stereocenters. The molecule has 1 N–H and O–H groups in total. The van der Waals surface area contributed by atoms with E-state index in [0.717, 1.165) is 32.6 Å². The van der Waals surface area contributed by atoms with Gasteiger partial charge in [0.1, 0.15) is 0 Å². The molecule has 1 aromatic heterocycles. The summed E-state index contributed by atoms with van der Waals surface area (Å²) in [5.74, 6) is 1.68. The quantitative estimate of drug-likeness (QED) is 0.911. The molecule has 2 aromatic rings. The Hall–Kier alpha value is -1.81. The van der Waals surface area contributed by atoms with Crippen molar-refractivity contribution in [1.82, 2.24) is 14.8 Å². The van der Waals surface area contributed by atoms with Crippen LogP contribution in [-0.4, -0.2) is 46.9 Å². The summed E-state index contributed by atoms with van der Waals surface area (Å²) >= 11 is 0. The van der Waals surface area contributed by atoms with E-state index in [1.807, 2.05) is 0 Å². The van der Waals surface area contributed by atoms with Crippen LogP contribution >= 0.6 is 0 Å². The van der Waals surface area contributed by atoms with Crippen LogP contribution in [0.25, 0.3) is 10.9 Å². The van der Waals surface area contributed by atoms with Gasteiger partial charge in [-0.15, -0.1) is 0 Å². The molecule has 4 nitrogen and oxygen atoms in total. The first kappa shape index (κ1) is 16.6. The zero-order chi connectivity index (χ0) is 17.6. The fraction of sp³-hybridized carbons (Fsp3) is 0.571. The standard InChI is InChI=1S/C21H29N3O/c1-14-4-5-19-17(9-14)18-12-24(7-6-20(18)22-19)21(25)13-23-10-15(2)8-16(3)11-23/h4-5,9,15-16,22H,6-8,10-13H2,1-3H3/t15-,16-/m0/s1. The van der Waals surface area contributed by atoms with Crippen LogP contribution in [-0.2, 0) is 17.8 Å². The number of fused-ring (bicyclic) bond motifs is 3. The van der Waals surface area contributed by atoms with Crippen molar-refractivity contribution in [2.24, 2.45) is 11.8 Å². The second kappa shape index (κ2) is 6.49. The van der Waals surface area contributed by atoms with E-state index >= 15 is 0 Å². The van der Waals surface area contributed by atoms with Crippen LogP contribution in [0.2, 0.25) is 0 Å². The highest BCUT2D eigenvalue weighted by molar-refractivity contribution is 5.87. The number of aromatic amines is 1. The van der Waals surface area contributed by atoms with Crippen LogP contribution < -0.4 is 0 Å². The summed E-state index contributed by atoms with van der Waals surface area (Å²) in [4.78, 5) is 20.9. The summed E-state index contributed by atoms with van der Waals surface area (Å²) in [6.07, 6.45) is 2.22. The van der Waals surface area contributed by atoms with Crippen molar-refractivity contribution in [3.8, 4) is 0 Å². The molecule has 2 aliphatic rings. The lowest BCUT2D eigenvalue weighted by Crippen LogP contribution is -2.46. The average Bonchev–Trinajstić information content (AvgIpc) is 2.91. The lowest BCUT2D eigenvalue weighted by Gasteiger charge is -2.36. The fourth-order valence-electron chi connectivity index (χ4n) is 4.75. The van der Waals surface area contributed by atoms with E-state index in [1.54, 1.807) is 0 Å². The Morgan fingerprint density at radius 1 is 1.24 bits per heavy atom. The number of amides is 1. The number of likely N-dealkylation sites (tertiary alicyclic amines) is 1. The predicted molar refractivity (Wildman–Crippen MR) is 102 cm³/mol. The van der Waals surface area contributed by atoms with Gasteiger partial charge in [0.2, 0.25) is 5.91 Å². The van der Waals surface area contributed by atoms with Crippen LogP contribution in [0.5, 0.6) is 0 Å². The maximum Gasteiger partial charge on any atom is 0.237 e. The van der Waals surface area contributed by atoms with Crippen molar-refractivity contribution < 1.29 is 4.79 Å². The minimum atomic E-state index is 0.286. The third kappa shape index (κ3) is 3.32. The summed E-state index contributed by atoms with van der Waals surface area (Å²) < 4.78 is 0. The zero-order valence-corrected chi connectivity index (χ0v) is 15.6. The van der Waals surface area contributed by atoms with Crippen molar-refractivity contribution in [2.45, 2.75) is 40.2 Å². The van der Waals surface area contributed by atoms with Crippen molar-refractivity contribution in [3.05, 3.63) is 35.0 Å². The number of carbonyl (C=O) groups excluding carboxylic acids is 1. The van der Waals surface area contributed by atoms with Gasteiger partial charge in [-0.05, 0) is 37.3 Å². The Morgan fingerprint density at radius 3 is 2.76 bits per heavy atom. The fourth-order valence-corrected chi connectivity index (χ4v) is 4.75. The van der Waals surface area contributed by atoms with Crippen molar-refractivity contribution in [1.29, 1.82) is 0 Å². The summed E-state index contributed by atoms with van der Waals surface area (Å²) in [6, 6.07) is 6.55. The van der Waals surface area contributed by atoms with Crippen molar-refractivity contribution >= 4 is 16.8 Å². The zero-order valence-electron chi connectivity index (χ0n) is 15.6. The van der Waals surface area contributed by atoms with E-state index in [2.05, 4.69) is 53.8 Å². The van der Waals surface area contributed by atoms with E-state index in [9.17, 15) is 4.79 Å². The topological polar surface area (TPSA) is 39.3 Å². The van der Waals surface area contributed by atoms with E-state index in [1.165, 1.54) is 34.1 Å². The van der Waals surface area contributed by atoms with Gasteiger partial charge in [0, 0.05) is 54.8 Å². The van der Waals surface area contributed by atoms with Crippen LogP contribution in [0, 0.1) is 18.8 Å². The predicted octanol–water partition coefficient (Wildman–Crippen LogP) is 3.34. The van der Waals surface area contributed by atoms with Crippen molar-refractivity contribution in [2.75, 3.05) is 26.2 Å². The lowest BCUT2D eigenvalue weighted by atomic mass is 9.92. The molecule has 134 valence electrons. The SMILES string of the molecule is Cc1ccc2[nH]c3c(c2c1)CN(C(=O)CN1C[C@@H](C)C[C@H](C)C1)CC3. The van der Waals surface area contributed by atoms with Gasteiger partial charge in [0.25, 0.3) is 0 Å². The maximum atomic E-state index is 12.9. The average molecular weight is 339 g/mol. The van der Waals surface area contributed by atoms with Gasteiger partial charge in [-0.1, -0.05) is 25.5 Å². The molecule has 25 heavy (non-hydrogen) atoms. The number of H-pyrrole nitrogens is 1. The molecule has 1 fully saturated rings. The number of aromatic nitrogens is 1. The number of nitrogens with zero attached hydrogens (tertiary/aromatic N) is 2. The highest BCUT2D eigenvalue weighted by atomic mass is 16.2. The van der Waals surface area contributed by atoms with E-state index < -0.39 is 0 Å². The second-order valence-electron chi connectivity index (χ2n) is 8.34. The van der Waals surface area contributed by atoms with E-state index in [0.29, 0.717) is 18.4 Å². The molecular weight excluding hydrogens is 310 g/mol.